The summed E-state index contributed by atoms with van der Waals surface area (Å²) in [5.74, 6) is 0.126. The zero-order valence-electron chi connectivity index (χ0n) is 9.71. The lowest BCUT2D eigenvalue weighted by molar-refractivity contribution is -0.152. The van der Waals surface area contributed by atoms with Crippen LogP contribution in [0.1, 0.15) is 26.7 Å². The molecule has 15 heavy (non-hydrogen) atoms. The number of esters is 1. The number of piperidine rings is 1. The lowest BCUT2D eigenvalue weighted by atomic mass is 9.92. The monoisotopic (exact) mass is 213 g/mol. The summed E-state index contributed by atoms with van der Waals surface area (Å²) in [6.45, 7) is 5.93. The summed E-state index contributed by atoms with van der Waals surface area (Å²) in [6.07, 6.45) is 1.22. The van der Waals surface area contributed by atoms with Crippen molar-refractivity contribution in [1.29, 1.82) is 0 Å². The van der Waals surface area contributed by atoms with Crippen LogP contribution < -0.4 is 0 Å². The van der Waals surface area contributed by atoms with Gasteiger partial charge in [-0.3, -0.25) is 9.59 Å². The third-order valence-electron chi connectivity index (χ3n) is 2.77. The van der Waals surface area contributed by atoms with Gasteiger partial charge < -0.3 is 9.64 Å². The van der Waals surface area contributed by atoms with Crippen molar-refractivity contribution in [3.8, 4) is 0 Å². The molecule has 1 aliphatic rings. The summed E-state index contributed by atoms with van der Waals surface area (Å²) in [6, 6.07) is 0. The predicted octanol–water partition coefficient (Wildman–Crippen LogP) is 0.850. The molecule has 0 spiro atoms. The van der Waals surface area contributed by atoms with Crippen molar-refractivity contribution in [3.05, 3.63) is 0 Å². The third-order valence-corrected chi connectivity index (χ3v) is 2.77. The minimum absolute atomic E-state index is 0.195. The van der Waals surface area contributed by atoms with E-state index in [2.05, 4.69) is 4.90 Å². The first-order chi connectivity index (χ1) is 6.95. The highest BCUT2D eigenvalue weighted by Crippen LogP contribution is 2.20. The van der Waals surface area contributed by atoms with E-state index >= 15 is 0 Å². The number of carbonyl (C=O) groups excluding carboxylic acids is 2. The first-order valence-electron chi connectivity index (χ1n) is 5.28. The molecule has 1 aliphatic heterocycles. The molecule has 4 nitrogen and oxygen atoms in total. The first-order valence-corrected chi connectivity index (χ1v) is 5.28. The molecule has 0 amide bonds. The number of hydrogen-bond donors (Lipinski definition) is 0. The average Bonchev–Trinajstić information content (AvgIpc) is 2.20. The molecule has 0 bridgehead atoms. The number of nitrogens with zero attached hydrogens (tertiary/aromatic N) is 1. The number of methoxy groups -OCH3 is 1. The van der Waals surface area contributed by atoms with Crippen LogP contribution in [0.25, 0.3) is 0 Å². The number of hydrogen-bond acceptors (Lipinski definition) is 4. The standard InChI is InChI=1S/C11H19NO3/c1-11(2,10(14)15-3)8-12-6-4-9(13)5-7-12/h4-8H2,1-3H3. The molecule has 0 aromatic heterocycles. The Morgan fingerprint density at radius 2 is 1.93 bits per heavy atom. The van der Waals surface area contributed by atoms with Gasteiger partial charge in [-0.25, -0.2) is 0 Å². The zero-order valence-corrected chi connectivity index (χ0v) is 9.71. The average molecular weight is 213 g/mol. The highest BCUT2D eigenvalue weighted by atomic mass is 16.5. The van der Waals surface area contributed by atoms with Gasteiger partial charge in [0.1, 0.15) is 5.78 Å². The molecule has 0 saturated carbocycles. The van der Waals surface area contributed by atoms with Crippen LogP contribution in [-0.2, 0) is 14.3 Å². The molecule has 86 valence electrons. The minimum Gasteiger partial charge on any atom is -0.469 e. The summed E-state index contributed by atoms with van der Waals surface area (Å²) in [5, 5.41) is 0. The van der Waals surface area contributed by atoms with E-state index in [9.17, 15) is 9.59 Å². The number of rotatable bonds is 3. The van der Waals surface area contributed by atoms with Crippen LogP contribution in [-0.4, -0.2) is 43.4 Å². The normalized spacial score (nSPS) is 19.0. The van der Waals surface area contributed by atoms with Crippen molar-refractivity contribution in [2.45, 2.75) is 26.7 Å². The molecule has 1 heterocycles. The third kappa shape index (κ3) is 3.30. The van der Waals surface area contributed by atoms with E-state index in [1.54, 1.807) is 0 Å². The Bertz CT molecular complexity index is 251. The van der Waals surface area contributed by atoms with Crippen LogP contribution in [0.5, 0.6) is 0 Å². The molecule has 4 heteroatoms. The lowest BCUT2D eigenvalue weighted by Crippen LogP contribution is -2.43. The van der Waals surface area contributed by atoms with Crippen LogP contribution in [0.2, 0.25) is 0 Å². The second-order valence-electron chi connectivity index (χ2n) is 4.69. The van der Waals surface area contributed by atoms with Crippen molar-refractivity contribution in [2.24, 2.45) is 5.41 Å². The van der Waals surface area contributed by atoms with Gasteiger partial charge in [-0.15, -0.1) is 0 Å². The topological polar surface area (TPSA) is 46.6 Å². The summed E-state index contributed by atoms with van der Waals surface area (Å²) in [7, 11) is 1.41. The molecule has 0 atom stereocenters. The van der Waals surface area contributed by atoms with Crippen LogP contribution in [0.15, 0.2) is 0 Å². The Balaban J connectivity index is 2.47. The van der Waals surface area contributed by atoms with Gasteiger partial charge in [0, 0.05) is 32.5 Å². The van der Waals surface area contributed by atoms with Gasteiger partial charge in [-0.05, 0) is 13.8 Å². The Hall–Kier alpha value is -0.900. The smallest absolute Gasteiger partial charge is 0.312 e. The molecular weight excluding hydrogens is 194 g/mol. The van der Waals surface area contributed by atoms with Crippen LogP contribution in [0, 0.1) is 5.41 Å². The second-order valence-corrected chi connectivity index (χ2v) is 4.69. The maximum Gasteiger partial charge on any atom is 0.312 e. The molecule has 1 saturated heterocycles. The fourth-order valence-corrected chi connectivity index (χ4v) is 1.86. The van der Waals surface area contributed by atoms with E-state index in [4.69, 9.17) is 4.74 Å². The van der Waals surface area contributed by atoms with Gasteiger partial charge in [0.25, 0.3) is 0 Å². The van der Waals surface area contributed by atoms with Crippen LogP contribution in [0.4, 0.5) is 0 Å². The fourth-order valence-electron chi connectivity index (χ4n) is 1.86. The number of ether oxygens (including phenoxy) is 1. The van der Waals surface area contributed by atoms with Crippen LogP contribution in [0.3, 0.4) is 0 Å². The van der Waals surface area contributed by atoms with Gasteiger partial charge in [-0.2, -0.15) is 0 Å². The number of ketones is 1. The molecule has 0 aromatic rings. The van der Waals surface area contributed by atoms with E-state index in [1.807, 2.05) is 13.8 Å². The highest BCUT2D eigenvalue weighted by Gasteiger charge is 2.32. The number of Topliss-reactive ketones (excluding diaryl/α,β-unsaturated/α-hetero) is 1. The summed E-state index contributed by atoms with van der Waals surface area (Å²) in [4.78, 5) is 24.7. The summed E-state index contributed by atoms with van der Waals surface area (Å²) < 4.78 is 4.75. The van der Waals surface area contributed by atoms with Crippen LogP contribution >= 0.6 is 0 Å². The molecule has 0 aromatic carbocycles. The maximum atomic E-state index is 11.5. The molecule has 1 fully saturated rings. The predicted molar refractivity (Wildman–Crippen MR) is 56.5 cm³/mol. The van der Waals surface area contributed by atoms with Crippen molar-refractivity contribution in [2.75, 3.05) is 26.7 Å². The van der Waals surface area contributed by atoms with E-state index in [-0.39, 0.29) is 5.97 Å². The lowest BCUT2D eigenvalue weighted by Gasteiger charge is -2.32. The molecule has 1 rings (SSSR count). The quantitative estimate of drug-likeness (QED) is 0.652. The molecule has 0 radical (unpaired) electrons. The van der Waals surface area contributed by atoms with Gasteiger partial charge in [0.15, 0.2) is 0 Å². The van der Waals surface area contributed by atoms with Gasteiger partial charge in [0.2, 0.25) is 0 Å². The molecule has 0 aliphatic carbocycles. The number of carbonyl (C=O) groups is 2. The molecule has 0 unspecified atom stereocenters. The Morgan fingerprint density at radius 1 is 1.40 bits per heavy atom. The van der Waals surface area contributed by atoms with E-state index in [0.717, 1.165) is 13.1 Å². The maximum absolute atomic E-state index is 11.5. The minimum atomic E-state index is -0.491. The van der Waals surface area contributed by atoms with Gasteiger partial charge in [-0.1, -0.05) is 0 Å². The second kappa shape index (κ2) is 4.75. The summed E-state index contributed by atoms with van der Waals surface area (Å²) >= 11 is 0. The molecule has 0 N–H and O–H groups in total. The van der Waals surface area contributed by atoms with Crippen molar-refractivity contribution >= 4 is 11.8 Å². The number of likely N-dealkylation sites (tertiary alicyclic amines) is 1. The van der Waals surface area contributed by atoms with Crippen molar-refractivity contribution in [1.82, 2.24) is 4.90 Å². The first kappa shape index (κ1) is 12.2. The molecular formula is C11H19NO3. The van der Waals surface area contributed by atoms with Crippen molar-refractivity contribution in [3.63, 3.8) is 0 Å². The Kier molecular flexibility index (Phi) is 3.85. The fraction of sp³-hybridized carbons (Fsp3) is 0.818. The highest BCUT2D eigenvalue weighted by molar-refractivity contribution is 5.79. The zero-order chi connectivity index (χ0) is 11.5. The van der Waals surface area contributed by atoms with E-state index in [0.29, 0.717) is 25.2 Å². The Morgan fingerprint density at radius 3 is 2.40 bits per heavy atom. The van der Waals surface area contributed by atoms with Gasteiger partial charge in [0.05, 0.1) is 12.5 Å². The van der Waals surface area contributed by atoms with Crippen molar-refractivity contribution < 1.29 is 14.3 Å². The van der Waals surface area contributed by atoms with E-state index < -0.39 is 5.41 Å². The van der Waals surface area contributed by atoms with E-state index in [1.165, 1.54) is 7.11 Å². The Labute approximate surface area is 90.6 Å². The SMILES string of the molecule is COC(=O)C(C)(C)CN1CCC(=O)CC1. The summed E-state index contributed by atoms with van der Waals surface area (Å²) in [5.41, 5.74) is -0.491. The largest absolute Gasteiger partial charge is 0.469 e. The van der Waals surface area contributed by atoms with Gasteiger partial charge >= 0.3 is 5.97 Å².